The van der Waals surface area contributed by atoms with E-state index in [0.29, 0.717) is 5.69 Å². The molecule has 172 valence electrons. The van der Waals surface area contributed by atoms with Crippen molar-refractivity contribution in [1.29, 1.82) is 0 Å². The number of methoxy groups -OCH3 is 3. The lowest BCUT2D eigenvalue weighted by Gasteiger charge is -2.23. The molecule has 0 fully saturated rings. The molecule has 0 spiro atoms. The Kier molecular flexibility index (Phi) is 7.52. The molecule has 0 heterocycles. The molecular weight excluding hydrogens is 445 g/mol. The van der Waals surface area contributed by atoms with Gasteiger partial charge in [0.2, 0.25) is 5.75 Å². The molecule has 1 unspecified atom stereocenters. The summed E-state index contributed by atoms with van der Waals surface area (Å²) in [5, 5.41) is 0. The summed E-state index contributed by atoms with van der Waals surface area (Å²) in [6.45, 7) is 4.93. The molecule has 0 radical (unpaired) electrons. The molecule has 2 aromatic rings. The third kappa shape index (κ3) is 5.08. The van der Waals surface area contributed by atoms with Crippen LogP contribution in [-0.4, -0.2) is 50.6 Å². The van der Waals surface area contributed by atoms with E-state index < -0.39 is 17.6 Å². The van der Waals surface area contributed by atoms with E-state index in [1.165, 1.54) is 60.4 Å². The van der Waals surface area contributed by atoms with Crippen molar-refractivity contribution in [3.8, 4) is 23.0 Å². The van der Waals surface area contributed by atoms with Crippen molar-refractivity contribution in [2.75, 3.05) is 46.5 Å². The summed E-state index contributed by atoms with van der Waals surface area (Å²) in [6.07, 6.45) is 0. The number of rotatable bonds is 9. The molecule has 31 heavy (non-hydrogen) atoms. The molecule has 9 nitrogen and oxygen atoms in total. The van der Waals surface area contributed by atoms with Gasteiger partial charge in [0.25, 0.3) is 10.0 Å². The van der Waals surface area contributed by atoms with Crippen LogP contribution < -0.4 is 23.0 Å². The van der Waals surface area contributed by atoms with Gasteiger partial charge in [-0.15, -0.1) is 0 Å². The number of benzene rings is 2. The summed E-state index contributed by atoms with van der Waals surface area (Å²) in [5.74, 6) is 0.983. The maximum absolute atomic E-state index is 13.4. The normalized spacial score (nSPS) is 13.3. The lowest BCUT2D eigenvalue weighted by atomic mass is 10.1. The maximum Gasteiger partial charge on any atom is 0.375 e. The first kappa shape index (κ1) is 24.8. The number of aryl methyl sites for hydroxylation is 1. The summed E-state index contributed by atoms with van der Waals surface area (Å²) in [4.78, 5) is -0.0525. The summed E-state index contributed by atoms with van der Waals surface area (Å²) in [6, 6.07) is 5.92. The number of anilines is 1. The fourth-order valence-corrected chi connectivity index (χ4v) is 4.64. The van der Waals surface area contributed by atoms with Gasteiger partial charge in [0.1, 0.15) is 5.75 Å². The maximum atomic E-state index is 13.4. The second-order valence-electron chi connectivity index (χ2n) is 6.76. The summed E-state index contributed by atoms with van der Waals surface area (Å²) >= 11 is 0. The summed E-state index contributed by atoms with van der Waals surface area (Å²) < 4.78 is 66.4. The molecule has 0 aliphatic rings. The molecule has 0 amide bonds. The molecule has 2 rings (SSSR count). The van der Waals surface area contributed by atoms with E-state index in [4.69, 9.17) is 23.3 Å². The lowest BCUT2D eigenvalue weighted by molar-refractivity contribution is 0.323. The Bertz CT molecular complexity index is 1090. The van der Waals surface area contributed by atoms with Crippen molar-refractivity contribution in [1.82, 2.24) is 0 Å². The third-order valence-electron chi connectivity index (χ3n) is 4.86. The Morgan fingerprint density at radius 1 is 0.871 bits per heavy atom. The zero-order valence-electron chi connectivity index (χ0n) is 18.9. The van der Waals surface area contributed by atoms with Crippen molar-refractivity contribution >= 4 is 23.3 Å². The van der Waals surface area contributed by atoms with E-state index in [1.807, 2.05) is 0 Å². The average molecular weight is 473 g/mol. The highest BCUT2D eigenvalue weighted by Gasteiger charge is 2.27. The lowest BCUT2D eigenvalue weighted by Crippen LogP contribution is -2.27. The Balaban J connectivity index is 2.59. The van der Waals surface area contributed by atoms with Gasteiger partial charge in [0, 0.05) is 39.0 Å². The fourth-order valence-electron chi connectivity index (χ4n) is 2.80. The van der Waals surface area contributed by atoms with E-state index >= 15 is 0 Å². The van der Waals surface area contributed by atoms with E-state index in [1.54, 1.807) is 19.9 Å². The van der Waals surface area contributed by atoms with Crippen molar-refractivity contribution < 1.29 is 36.2 Å². The Labute approximate surface area is 183 Å². The van der Waals surface area contributed by atoms with Crippen LogP contribution in [0.2, 0.25) is 0 Å². The largest absolute Gasteiger partial charge is 0.493 e. The van der Waals surface area contributed by atoms with Crippen LogP contribution in [0, 0.1) is 13.8 Å². The minimum Gasteiger partial charge on any atom is -0.493 e. The van der Waals surface area contributed by atoms with Gasteiger partial charge in [-0.1, -0.05) is 0 Å². The molecule has 0 aromatic heterocycles. The molecule has 0 bridgehead atoms. The van der Waals surface area contributed by atoms with E-state index in [9.17, 15) is 13.0 Å². The molecule has 0 saturated carbocycles. The SMILES string of the molecule is COc1cc(S(=O)(=O)N(C)c2cc(C)c(C)c(OP(C)(=O)OC)c2)cc(OC)c1OC. The van der Waals surface area contributed by atoms with Crippen molar-refractivity contribution in [3.63, 3.8) is 0 Å². The first-order valence-electron chi connectivity index (χ1n) is 9.14. The summed E-state index contributed by atoms with van der Waals surface area (Å²) in [7, 11) is -0.410. The van der Waals surface area contributed by atoms with Crippen molar-refractivity contribution in [2.45, 2.75) is 18.7 Å². The van der Waals surface area contributed by atoms with Gasteiger partial charge in [-0.3, -0.25) is 4.31 Å². The molecule has 0 N–H and O–H groups in total. The van der Waals surface area contributed by atoms with E-state index in [0.717, 1.165) is 15.4 Å². The predicted molar refractivity (Wildman–Crippen MR) is 119 cm³/mol. The van der Waals surface area contributed by atoms with Crippen LogP contribution >= 0.6 is 7.60 Å². The molecule has 2 aromatic carbocycles. The number of hydrogen-bond donors (Lipinski definition) is 0. The topological polar surface area (TPSA) is 101 Å². The standard InChI is InChI=1S/C20H28NO8PS/c1-13-9-15(10-17(14(13)2)29-30(8,22)28-7)21(3)31(23,24)16-11-18(25-4)20(27-6)19(12-16)26-5/h9-12H,1-8H3. The molecule has 1 atom stereocenters. The Hall–Kier alpha value is -2.42. The molecule has 0 aliphatic carbocycles. The summed E-state index contributed by atoms with van der Waals surface area (Å²) in [5.41, 5.74) is 1.81. The quantitative estimate of drug-likeness (QED) is 0.504. The number of hydrogen-bond acceptors (Lipinski definition) is 8. The van der Waals surface area contributed by atoms with Crippen LogP contribution in [0.3, 0.4) is 0 Å². The second-order valence-corrected chi connectivity index (χ2v) is 10.8. The van der Waals surface area contributed by atoms with E-state index in [-0.39, 0.29) is 27.9 Å². The monoisotopic (exact) mass is 473 g/mol. The third-order valence-corrected chi connectivity index (χ3v) is 7.82. The molecule has 0 aliphatic heterocycles. The van der Waals surface area contributed by atoms with E-state index in [2.05, 4.69) is 0 Å². The van der Waals surface area contributed by atoms with Crippen LogP contribution in [0.15, 0.2) is 29.2 Å². The van der Waals surface area contributed by atoms with Gasteiger partial charge in [0.15, 0.2) is 11.5 Å². The smallest absolute Gasteiger partial charge is 0.375 e. The van der Waals surface area contributed by atoms with Gasteiger partial charge in [-0.05, 0) is 31.0 Å². The highest BCUT2D eigenvalue weighted by Crippen LogP contribution is 2.46. The van der Waals surface area contributed by atoms with Gasteiger partial charge >= 0.3 is 7.60 Å². The highest BCUT2D eigenvalue weighted by molar-refractivity contribution is 7.92. The fraction of sp³-hybridized carbons (Fsp3) is 0.400. The van der Waals surface area contributed by atoms with Crippen molar-refractivity contribution in [2.24, 2.45) is 0 Å². The van der Waals surface area contributed by atoms with Crippen LogP contribution in [0.25, 0.3) is 0 Å². The number of nitrogens with zero attached hydrogens (tertiary/aromatic N) is 1. The Morgan fingerprint density at radius 2 is 1.42 bits per heavy atom. The molecular formula is C20H28NO8PS. The first-order valence-corrected chi connectivity index (χ1v) is 12.6. The van der Waals surface area contributed by atoms with Crippen LogP contribution in [0.5, 0.6) is 23.0 Å². The minimum absolute atomic E-state index is 0.0525. The number of ether oxygens (including phenoxy) is 3. The van der Waals surface area contributed by atoms with Gasteiger partial charge in [0.05, 0.1) is 31.9 Å². The van der Waals surface area contributed by atoms with Crippen LogP contribution in [0.4, 0.5) is 5.69 Å². The van der Waals surface area contributed by atoms with Crippen LogP contribution in [0.1, 0.15) is 11.1 Å². The minimum atomic E-state index is -4.02. The Morgan fingerprint density at radius 3 is 1.87 bits per heavy atom. The zero-order valence-corrected chi connectivity index (χ0v) is 20.6. The number of sulfonamides is 1. The van der Waals surface area contributed by atoms with Crippen molar-refractivity contribution in [3.05, 3.63) is 35.4 Å². The predicted octanol–water partition coefficient (Wildman–Crippen LogP) is 4.00. The molecule has 0 saturated heterocycles. The van der Waals surface area contributed by atoms with Gasteiger partial charge in [-0.25, -0.2) is 13.0 Å². The van der Waals surface area contributed by atoms with Crippen LogP contribution in [-0.2, 0) is 19.1 Å². The zero-order chi connectivity index (χ0) is 23.6. The second kappa shape index (κ2) is 9.38. The average Bonchev–Trinajstić information content (AvgIpc) is 2.74. The van der Waals surface area contributed by atoms with Gasteiger partial charge < -0.3 is 23.3 Å². The van der Waals surface area contributed by atoms with Gasteiger partial charge in [-0.2, -0.15) is 0 Å². The highest BCUT2D eigenvalue weighted by atomic mass is 32.2. The first-order chi connectivity index (χ1) is 14.4. The molecule has 11 heteroatoms.